The number of benzene rings is 1. The number of fused-ring (bicyclic) bond motifs is 3. The van der Waals surface area contributed by atoms with Crippen molar-refractivity contribution in [2.45, 2.75) is 6.54 Å². The van der Waals surface area contributed by atoms with Gasteiger partial charge in [0.15, 0.2) is 17.1 Å². The third kappa shape index (κ3) is 5.23. The molecule has 1 fully saturated rings. The maximum atomic E-state index is 14.8. The van der Waals surface area contributed by atoms with Gasteiger partial charge in [-0.2, -0.15) is 9.50 Å². The van der Waals surface area contributed by atoms with E-state index < -0.39 is 11.2 Å². The van der Waals surface area contributed by atoms with E-state index in [0.29, 0.717) is 84.9 Å². The van der Waals surface area contributed by atoms with Crippen molar-refractivity contribution in [2.75, 3.05) is 62.0 Å². The van der Waals surface area contributed by atoms with Gasteiger partial charge in [0.1, 0.15) is 29.4 Å². The van der Waals surface area contributed by atoms with E-state index in [1.807, 2.05) is 4.90 Å². The summed E-state index contributed by atoms with van der Waals surface area (Å²) < 4.78 is 41.5. The van der Waals surface area contributed by atoms with Crippen LogP contribution in [0.15, 0.2) is 45.8 Å². The zero-order valence-corrected chi connectivity index (χ0v) is 23.5. The number of hydrogen-bond donors (Lipinski definition) is 1. The van der Waals surface area contributed by atoms with Crippen LogP contribution in [-0.2, 0) is 24.8 Å². The van der Waals surface area contributed by atoms with E-state index in [1.54, 1.807) is 42.1 Å². The molecule has 1 aliphatic heterocycles. The van der Waals surface area contributed by atoms with Gasteiger partial charge in [0, 0.05) is 52.4 Å². The van der Waals surface area contributed by atoms with Crippen molar-refractivity contribution in [3.63, 3.8) is 0 Å². The number of imidazole rings is 1. The molecule has 0 spiro atoms. The van der Waals surface area contributed by atoms with Gasteiger partial charge in [-0.25, -0.2) is 14.2 Å². The highest BCUT2D eigenvalue weighted by Crippen LogP contribution is 2.26. The number of rotatable bonds is 9. The minimum Gasteiger partial charge on any atom is -0.616 e. The predicted octanol–water partition coefficient (Wildman–Crippen LogP) is 1.34. The van der Waals surface area contributed by atoms with E-state index in [4.69, 9.17) is 14.9 Å². The molecular weight excluding hydrogens is 553 g/mol. The van der Waals surface area contributed by atoms with E-state index in [-0.39, 0.29) is 24.1 Å². The van der Waals surface area contributed by atoms with Crippen LogP contribution in [0, 0.1) is 5.82 Å². The van der Waals surface area contributed by atoms with Gasteiger partial charge in [-0.3, -0.25) is 14.0 Å². The number of piperazine rings is 1. The molecule has 2 N–H and O–H groups in total. The Hall–Kier alpha value is -4.08. The lowest BCUT2D eigenvalue weighted by atomic mass is 10.2. The lowest BCUT2D eigenvalue weighted by molar-refractivity contribution is 0.247. The van der Waals surface area contributed by atoms with Crippen LogP contribution in [0.1, 0.15) is 0 Å². The number of nitrogens with two attached hydrogens (primary N) is 1. The maximum Gasteiger partial charge on any atom is 0.330 e. The van der Waals surface area contributed by atoms with Gasteiger partial charge < -0.3 is 24.3 Å². The maximum absolute atomic E-state index is 14.8. The van der Waals surface area contributed by atoms with Crippen LogP contribution in [0.2, 0.25) is 0 Å². The number of halogens is 1. The second kappa shape index (κ2) is 11.1. The number of aryl methyl sites for hydroxylation is 1. The summed E-state index contributed by atoms with van der Waals surface area (Å²) in [6.07, 6.45) is 3.14. The number of nitrogen functional groups attached to an aromatic ring is 1. The minimum atomic E-state index is -0.959. The summed E-state index contributed by atoms with van der Waals surface area (Å²) in [6.45, 7) is 3.97. The highest BCUT2D eigenvalue weighted by Gasteiger charge is 2.23. The topological polar surface area (TPSA) is 148 Å². The van der Waals surface area contributed by atoms with E-state index >= 15 is 0 Å². The summed E-state index contributed by atoms with van der Waals surface area (Å²) in [5.74, 6) is 1.42. The summed E-state index contributed by atoms with van der Waals surface area (Å²) in [4.78, 5) is 26.5. The lowest BCUT2D eigenvalue weighted by Gasteiger charge is -2.36. The molecule has 1 atom stereocenters. The Labute approximate surface area is 237 Å². The van der Waals surface area contributed by atoms with Gasteiger partial charge >= 0.3 is 5.69 Å². The van der Waals surface area contributed by atoms with Crippen LogP contribution in [-0.4, -0.2) is 89.5 Å². The summed E-state index contributed by atoms with van der Waals surface area (Å²) in [5.41, 5.74) is 7.90. The Balaban J connectivity index is 1.14. The molecule has 4 aromatic heterocycles. The molecule has 1 saturated heterocycles. The van der Waals surface area contributed by atoms with Gasteiger partial charge in [0.05, 0.1) is 18.2 Å². The molecule has 13 nitrogen and oxygen atoms in total. The summed E-state index contributed by atoms with van der Waals surface area (Å²) in [5, 5.41) is 4.41. The molecule has 0 saturated carbocycles. The molecule has 1 unspecified atom stereocenters. The van der Waals surface area contributed by atoms with Crippen molar-refractivity contribution in [1.82, 2.24) is 33.6 Å². The molecule has 0 bridgehead atoms. The number of ether oxygens (including phenoxy) is 1. The minimum absolute atomic E-state index is 0.115. The number of nitrogens with zero attached hydrogens (tertiary/aromatic N) is 8. The largest absolute Gasteiger partial charge is 0.616 e. The Bertz CT molecular complexity index is 1740. The molecule has 0 aliphatic carbocycles. The van der Waals surface area contributed by atoms with Crippen molar-refractivity contribution in [1.29, 1.82) is 0 Å². The van der Waals surface area contributed by atoms with Crippen molar-refractivity contribution in [2.24, 2.45) is 7.05 Å². The summed E-state index contributed by atoms with van der Waals surface area (Å²) in [6, 6.07) is 8.32. The third-order valence-electron chi connectivity index (χ3n) is 7.23. The van der Waals surface area contributed by atoms with Crippen molar-refractivity contribution in [3.05, 3.63) is 52.9 Å². The van der Waals surface area contributed by atoms with Crippen LogP contribution < -0.4 is 21.1 Å². The smallest absolute Gasteiger partial charge is 0.330 e. The molecule has 1 aliphatic rings. The van der Waals surface area contributed by atoms with Gasteiger partial charge in [0.25, 0.3) is 0 Å². The average molecular weight is 584 g/mol. The molecular formula is C26H30FN9O4S. The fourth-order valence-electron chi connectivity index (χ4n) is 5.07. The Kier molecular flexibility index (Phi) is 7.32. The van der Waals surface area contributed by atoms with Crippen LogP contribution in [0.25, 0.3) is 28.4 Å². The monoisotopic (exact) mass is 583 g/mol. The quantitative estimate of drug-likeness (QED) is 0.252. The average Bonchev–Trinajstić information content (AvgIpc) is 3.68. The van der Waals surface area contributed by atoms with Crippen LogP contribution in [0.5, 0.6) is 5.75 Å². The standard InChI is InChI=1S/C26H30FN9O4S/c1-32-21-23(30-25(28)36-24(21)29-22(31-36)20-4-3-13-40-20)35(26(32)37)12-9-33-7-10-34(11-8-33)19-6-5-17(16-18(19)27)39-14-15-41(2)38/h3-6,13,16H,7-12,14-15H2,1-2H3,(H2,28,30). The molecule has 41 heavy (non-hydrogen) atoms. The molecule has 15 heteroatoms. The SMILES string of the molecule is Cn1c(=O)n(CCN2CCN(c3ccc(OCC[S+](C)[O-])cc3F)CC2)c2nc(N)n3nc(-c4ccco4)nc3c21. The molecule has 1 aromatic carbocycles. The molecule has 6 rings (SSSR count). The predicted molar refractivity (Wildman–Crippen MR) is 153 cm³/mol. The Morgan fingerprint density at radius 1 is 1.15 bits per heavy atom. The van der Waals surface area contributed by atoms with Crippen LogP contribution in [0.3, 0.4) is 0 Å². The van der Waals surface area contributed by atoms with Crippen LogP contribution in [0.4, 0.5) is 16.0 Å². The normalized spacial score (nSPS) is 15.3. The summed E-state index contributed by atoms with van der Waals surface area (Å²) >= 11 is -0.959. The Morgan fingerprint density at radius 2 is 1.95 bits per heavy atom. The highest BCUT2D eigenvalue weighted by molar-refractivity contribution is 7.90. The number of aromatic nitrogens is 6. The highest BCUT2D eigenvalue weighted by atomic mass is 32.2. The first kappa shape index (κ1) is 27.1. The number of hydrogen-bond acceptors (Lipinski definition) is 10. The van der Waals surface area contributed by atoms with Gasteiger partial charge in [-0.05, 0) is 24.3 Å². The van der Waals surface area contributed by atoms with E-state index in [9.17, 15) is 13.7 Å². The molecule has 0 radical (unpaired) electrons. The van der Waals surface area contributed by atoms with E-state index in [2.05, 4.69) is 20.0 Å². The summed E-state index contributed by atoms with van der Waals surface area (Å²) in [7, 11) is 1.68. The second-order valence-corrected chi connectivity index (χ2v) is 11.4. The first-order valence-electron chi connectivity index (χ1n) is 13.1. The molecule has 5 aromatic rings. The second-order valence-electron chi connectivity index (χ2n) is 9.85. The van der Waals surface area contributed by atoms with Gasteiger partial charge in [-0.1, -0.05) is 11.2 Å². The lowest BCUT2D eigenvalue weighted by Crippen LogP contribution is -2.47. The van der Waals surface area contributed by atoms with Crippen LogP contribution >= 0.6 is 0 Å². The molecule has 216 valence electrons. The molecule has 0 amide bonds. The van der Waals surface area contributed by atoms with Crippen molar-refractivity contribution >= 4 is 39.6 Å². The number of anilines is 2. The van der Waals surface area contributed by atoms with Gasteiger partial charge in [-0.15, -0.1) is 5.10 Å². The number of furan rings is 1. The van der Waals surface area contributed by atoms with Crippen molar-refractivity contribution < 1.29 is 18.1 Å². The Morgan fingerprint density at radius 3 is 2.66 bits per heavy atom. The fourth-order valence-corrected chi connectivity index (χ4v) is 5.38. The first-order valence-corrected chi connectivity index (χ1v) is 14.9. The zero-order chi connectivity index (χ0) is 28.7. The fraction of sp³-hybridized carbons (Fsp3) is 0.385. The zero-order valence-electron chi connectivity index (χ0n) is 22.7. The van der Waals surface area contributed by atoms with E-state index in [0.717, 1.165) is 0 Å². The van der Waals surface area contributed by atoms with E-state index in [1.165, 1.54) is 21.4 Å². The third-order valence-corrected chi connectivity index (χ3v) is 7.97. The first-order chi connectivity index (χ1) is 19.8. The molecule has 5 heterocycles. The van der Waals surface area contributed by atoms with Gasteiger partial charge in [0.2, 0.25) is 11.8 Å². The van der Waals surface area contributed by atoms with Crippen molar-refractivity contribution in [3.8, 4) is 17.3 Å².